The molecule has 0 atom stereocenters. The van der Waals surface area contributed by atoms with Gasteiger partial charge in [-0.25, -0.2) is 0 Å². The zero-order valence-corrected chi connectivity index (χ0v) is 17.8. The van der Waals surface area contributed by atoms with Crippen molar-refractivity contribution in [2.24, 2.45) is 0 Å². The van der Waals surface area contributed by atoms with Crippen molar-refractivity contribution in [1.29, 1.82) is 0 Å². The van der Waals surface area contributed by atoms with Crippen molar-refractivity contribution < 1.29 is 14.4 Å². The first-order valence-corrected chi connectivity index (χ1v) is 10.4. The average Bonchev–Trinajstić information content (AvgIpc) is 2.71. The van der Waals surface area contributed by atoms with Gasteiger partial charge < -0.3 is 16.0 Å². The van der Waals surface area contributed by atoms with E-state index in [0.29, 0.717) is 24.1 Å². The Hall–Kier alpha value is -3.15. The van der Waals surface area contributed by atoms with E-state index in [-0.39, 0.29) is 17.7 Å². The molecule has 0 radical (unpaired) electrons. The number of para-hydroxylation sites is 1. The zero-order chi connectivity index (χ0) is 21.7. The number of rotatable bonds is 5. The van der Waals surface area contributed by atoms with E-state index in [9.17, 15) is 14.4 Å². The first-order chi connectivity index (χ1) is 14.3. The van der Waals surface area contributed by atoms with Gasteiger partial charge in [0.05, 0.1) is 0 Å². The van der Waals surface area contributed by atoms with Crippen LogP contribution in [0, 0.1) is 13.8 Å². The lowest BCUT2D eigenvalue weighted by Crippen LogP contribution is -2.57. The first-order valence-electron chi connectivity index (χ1n) is 10.4. The topological polar surface area (TPSA) is 87.3 Å². The molecule has 0 unspecified atom stereocenters. The quantitative estimate of drug-likeness (QED) is 0.689. The van der Waals surface area contributed by atoms with Gasteiger partial charge in [-0.3, -0.25) is 14.4 Å². The summed E-state index contributed by atoms with van der Waals surface area (Å²) in [5.41, 5.74) is 2.94. The molecule has 30 heavy (non-hydrogen) atoms. The Kier molecular flexibility index (Phi) is 6.55. The molecule has 0 aliphatic heterocycles. The predicted octanol–water partition coefficient (Wildman–Crippen LogP) is 4.33. The third-order valence-corrected chi connectivity index (χ3v) is 5.68. The van der Waals surface area contributed by atoms with E-state index in [2.05, 4.69) is 16.0 Å². The number of benzene rings is 2. The van der Waals surface area contributed by atoms with Crippen LogP contribution in [0.5, 0.6) is 0 Å². The highest BCUT2D eigenvalue weighted by Gasteiger charge is 2.41. The molecule has 3 amide bonds. The lowest BCUT2D eigenvalue weighted by molar-refractivity contribution is -0.123. The van der Waals surface area contributed by atoms with E-state index in [1.807, 2.05) is 32.0 Å². The van der Waals surface area contributed by atoms with Crippen LogP contribution >= 0.6 is 0 Å². The maximum atomic E-state index is 13.4. The van der Waals surface area contributed by atoms with Gasteiger partial charge in [-0.05, 0) is 62.1 Å². The number of hydrogen-bond acceptors (Lipinski definition) is 3. The summed E-state index contributed by atoms with van der Waals surface area (Å²) in [4.78, 5) is 37.5. The monoisotopic (exact) mass is 407 g/mol. The molecular weight excluding hydrogens is 378 g/mol. The first kappa shape index (κ1) is 21.6. The summed E-state index contributed by atoms with van der Waals surface area (Å²) in [7, 11) is 0. The smallest absolute Gasteiger partial charge is 0.252 e. The van der Waals surface area contributed by atoms with Crippen LogP contribution in [-0.4, -0.2) is 23.3 Å². The van der Waals surface area contributed by atoms with Crippen molar-refractivity contribution >= 4 is 29.1 Å². The molecule has 158 valence electrons. The van der Waals surface area contributed by atoms with Crippen molar-refractivity contribution in [3.8, 4) is 0 Å². The number of hydrogen-bond donors (Lipinski definition) is 3. The molecule has 3 rings (SSSR count). The zero-order valence-electron chi connectivity index (χ0n) is 17.8. The van der Waals surface area contributed by atoms with E-state index in [1.165, 1.54) is 6.92 Å². The largest absolute Gasteiger partial charge is 0.338 e. The van der Waals surface area contributed by atoms with Crippen molar-refractivity contribution in [2.75, 3.05) is 10.6 Å². The molecule has 0 spiro atoms. The fraction of sp³-hybridized carbons (Fsp3) is 0.375. The van der Waals surface area contributed by atoms with Crippen LogP contribution in [-0.2, 0) is 9.59 Å². The third-order valence-electron chi connectivity index (χ3n) is 5.68. The maximum Gasteiger partial charge on any atom is 0.252 e. The summed E-state index contributed by atoms with van der Waals surface area (Å²) in [5.74, 6) is -0.623. The minimum Gasteiger partial charge on any atom is -0.338 e. The standard InChI is InChI=1S/C24H29N3O3/c1-16-8-7-9-17(2)21(16)26-23(30)24(14-5-4-6-15-24)27-22(29)19-10-12-20(13-11-19)25-18(3)28/h7-13H,4-6,14-15H2,1-3H3,(H,25,28)(H,26,30)(H,27,29). The molecular formula is C24H29N3O3. The number of amides is 3. The van der Waals surface area contributed by atoms with E-state index < -0.39 is 5.54 Å². The normalized spacial score (nSPS) is 15.2. The van der Waals surface area contributed by atoms with Gasteiger partial charge in [-0.1, -0.05) is 37.5 Å². The highest BCUT2D eigenvalue weighted by Crippen LogP contribution is 2.31. The van der Waals surface area contributed by atoms with Gasteiger partial charge in [0.1, 0.15) is 5.54 Å². The molecule has 1 fully saturated rings. The number of anilines is 2. The van der Waals surface area contributed by atoms with E-state index in [1.54, 1.807) is 24.3 Å². The number of carbonyl (C=O) groups is 3. The molecule has 6 heteroatoms. The van der Waals surface area contributed by atoms with Gasteiger partial charge in [0.2, 0.25) is 11.8 Å². The Balaban J connectivity index is 1.80. The average molecular weight is 408 g/mol. The molecule has 1 aliphatic carbocycles. The molecule has 0 bridgehead atoms. The fourth-order valence-electron chi connectivity index (χ4n) is 4.01. The molecule has 1 aliphatic rings. The van der Waals surface area contributed by atoms with Gasteiger partial charge in [0, 0.05) is 23.9 Å². The second kappa shape index (κ2) is 9.11. The molecule has 1 saturated carbocycles. The second-order valence-electron chi connectivity index (χ2n) is 8.08. The molecule has 2 aromatic carbocycles. The van der Waals surface area contributed by atoms with Gasteiger partial charge >= 0.3 is 0 Å². The van der Waals surface area contributed by atoms with Gasteiger partial charge in [0.25, 0.3) is 5.91 Å². The van der Waals surface area contributed by atoms with E-state index in [0.717, 1.165) is 36.1 Å². The van der Waals surface area contributed by atoms with Crippen molar-refractivity contribution in [2.45, 2.75) is 58.4 Å². The van der Waals surface area contributed by atoms with Crippen molar-refractivity contribution in [3.05, 3.63) is 59.2 Å². The van der Waals surface area contributed by atoms with Crippen LogP contribution in [0.4, 0.5) is 11.4 Å². The maximum absolute atomic E-state index is 13.4. The van der Waals surface area contributed by atoms with Crippen LogP contribution in [0.15, 0.2) is 42.5 Å². The number of aryl methyl sites for hydroxylation is 2. The molecule has 0 heterocycles. The summed E-state index contributed by atoms with van der Waals surface area (Å²) in [6.45, 7) is 5.36. The summed E-state index contributed by atoms with van der Waals surface area (Å²) in [6, 6.07) is 12.6. The molecule has 2 aromatic rings. The lowest BCUT2D eigenvalue weighted by atomic mass is 9.80. The molecule has 6 nitrogen and oxygen atoms in total. The predicted molar refractivity (Wildman–Crippen MR) is 119 cm³/mol. The number of nitrogens with one attached hydrogen (secondary N) is 3. The van der Waals surface area contributed by atoms with E-state index in [4.69, 9.17) is 0 Å². The van der Waals surface area contributed by atoms with Crippen molar-refractivity contribution in [1.82, 2.24) is 5.32 Å². The van der Waals surface area contributed by atoms with Gasteiger partial charge in [-0.2, -0.15) is 0 Å². The van der Waals surface area contributed by atoms with Crippen LogP contribution in [0.25, 0.3) is 0 Å². The van der Waals surface area contributed by atoms with Crippen LogP contribution in [0.2, 0.25) is 0 Å². The second-order valence-corrected chi connectivity index (χ2v) is 8.08. The summed E-state index contributed by atoms with van der Waals surface area (Å²) < 4.78 is 0. The molecule has 3 N–H and O–H groups in total. The van der Waals surface area contributed by atoms with Gasteiger partial charge in [0.15, 0.2) is 0 Å². The Labute approximate surface area is 177 Å². The van der Waals surface area contributed by atoms with Crippen LogP contribution in [0.3, 0.4) is 0 Å². The minimum atomic E-state index is -0.930. The van der Waals surface area contributed by atoms with Crippen molar-refractivity contribution in [3.63, 3.8) is 0 Å². The molecule has 0 saturated heterocycles. The van der Waals surface area contributed by atoms with Crippen LogP contribution < -0.4 is 16.0 Å². The minimum absolute atomic E-state index is 0.164. The molecule has 0 aromatic heterocycles. The summed E-state index contributed by atoms with van der Waals surface area (Å²) in [6.07, 6.45) is 4.06. The fourth-order valence-corrected chi connectivity index (χ4v) is 4.01. The highest BCUT2D eigenvalue weighted by atomic mass is 16.2. The summed E-state index contributed by atoms with van der Waals surface area (Å²) >= 11 is 0. The Morgan fingerprint density at radius 2 is 1.43 bits per heavy atom. The SMILES string of the molecule is CC(=O)Nc1ccc(C(=O)NC2(C(=O)Nc3c(C)cccc3C)CCCCC2)cc1. The lowest BCUT2D eigenvalue weighted by Gasteiger charge is -2.37. The summed E-state index contributed by atoms with van der Waals surface area (Å²) in [5, 5.41) is 8.79. The Bertz CT molecular complexity index is 924. The van der Waals surface area contributed by atoms with E-state index >= 15 is 0 Å². The van der Waals surface area contributed by atoms with Gasteiger partial charge in [-0.15, -0.1) is 0 Å². The van der Waals surface area contributed by atoms with Crippen LogP contribution in [0.1, 0.15) is 60.5 Å². The third kappa shape index (κ3) is 4.87. The Morgan fingerprint density at radius 1 is 0.833 bits per heavy atom. The Morgan fingerprint density at radius 3 is 2.00 bits per heavy atom. The number of carbonyl (C=O) groups excluding carboxylic acids is 3. The highest BCUT2D eigenvalue weighted by molar-refractivity contribution is 6.04.